The number of benzene rings is 1. The lowest BCUT2D eigenvalue weighted by Crippen LogP contribution is -2.29. The fraction of sp³-hybridized carbons (Fsp3) is 0.333. The standard InChI is InChI=1S/C27H29N5O2/c1-4-32-25-20(16-29-27(31-25)30-21-9-12-34-13-10-21)15-23(26(32)33)22-8-7-19(14-18(22)3)24-17(2)6-5-11-28-24/h5-8,11,14-16,21H,4,9-10,12-13H2,1-3H3,(H,29,30,31). The van der Waals surface area contributed by atoms with E-state index in [9.17, 15) is 4.79 Å². The summed E-state index contributed by atoms with van der Waals surface area (Å²) in [6.45, 7) is 8.08. The Kier molecular flexibility index (Phi) is 6.11. The SMILES string of the molecule is CCn1c(=O)c(-c2ccc(-c3ncccc3C)cc2C)cc2cnc(NC3CCOCC3)nc21. The van der Waals surface area contributed by atoms with E-state index in [1.807, 2.05) is 38.1 Å². The minimum absolute atomic E-state index is 0.0458. The monoisotopic (exact) mass is 455 g/mol. The molecule has 34 heavy (non-hydrogen) atoms. The van der Waals surface area contributed by atoms with Crippen LogP contribution in [0.1, 0.15) is 30.9 Å². The van der Waals surface area contributed by atoms with Crippen LogP contribution in [0.4, 0.5) is 5.95 Å². The summed E-state index contributed by atoms with van der Waals surface area (Å²) in [6, 6.07) is 12.3. The number of nitrogens with zero attached hydrogens (tertiary/aromatic N) is 4. The van der Waals surface area contributed by atoms with Crippen LogP contribution in [-0.4, -0.2) is 38.8 Å². The molecule has 1 aliphatic heterocycles. The summed E-state index contributed by atoms with van der Waals surface area (Å²) in [7, 11) is 0. The molecule has 1 fully saturated rings. The first kappa shape index (κ1) is 22.2. The third-order valence-corrected chi connectivity index (χ3v) is 6.50. The van der Waals surface area contributed by atoms with E-state index >= 15 is 0 Å². The summed E-state index contributed by atoms with van der Waals surface area (Å²) in [5, 5.41) is 4.25. The quantitative estimate of drug-likeness (QED) is 0.468. The molecule has 3 aromatic heterocycles. The minimum atomic E-state index is -0.0458. The fourth-order valence-corrected chi connectivity index (χ4v) is 4.64. The van der Waals surface area contributed by atoms with E-state index in [1.54, 1.807) is 17.0 Å². The van der Waals surface area contributed by atoms with Gasteiger partial charge in [0, 0.05) is 54.7 Å². The highest BCUT2D eigenvalue weighted by atomic mass is 16.5. The molecule has 0 amide bonds. The van der Waals surface area contributed by atoms with Crippen LogP contribution in [0, 0.1) is 13.8 Å². The van der Waals surface area contributed by atoms with Gasteiger partial charge in [0.15, 0.2) is 0 Å². The molecule has 0 saturated carbocycles. The van der Waals surface area contributed by atoms with Crippen molar-refractivity contribution in [1.29, 1.82) is 0 Å². The molecule has 1 N–H and O–H groups in total. The largest absolute Gasteiger partial charge is 0.381 e. The van der Waals surface area contributed by atoms with Gasteiger partial charge in [-0.25, -0.2) is 4.98 Å². The maximum absolute atomic E-state index is 13.5. The van der Waals surface area contributed by atoms with Crippen LogP contribution in [0.15, 0.2) is 53.6 Å². The molecule has 1 aromatic carbocycles. The number of fused-ring (bicyclic) bond motifs is 1. The topological polar surface area (TPSA) is 81.9 Å². The second kappa shape index (κ2) is 9.35. The van der Waals surface area contributed by atoms with Gasteiger partial charge in [0.1, 0.15) is 5.65 Å². The zero-order valence-electron chi connectivity index (χ0n) is 19.8. The highest BCUT2D eigenvalue weighted by Gasteiger charge is 2.17. The van der Waals surface area contributed by atoms with Crippen molar-refractivity contribution >= 4 is 17.0 Å². The summed E-state index contributed by atoms with van der Waals surface area (Å²) in [6.07, 6.45) is 5.46. The molecule has 7 nitrogen and oxygen atoms in total. The summed E-state index contributed by atoms with van der Waals surface area (Å²) in [5.41, 5.74) is 6.33. The van der Waals surface area contributed by atoms with Crippen molar-refractivity contribution < 1.29 is 4.74 Å². The Morgan fingerprint density at radius 3 is 2.62 bits per heavy atom. The van der Waals surface area contributed by atoms with Crippen molar-refractivity contribution in [2.45, 2.75) is 46.2 Å². The molecule has 0 unspecified atom stereocenters. The second-order valence-corrected chi connectivity index (χ2v) is 8.81. The number of hydrogen-bond acceptors (Lipinski definition) is 6. The van der Waals surface area contributed by atoms with E-state index in [4.69, 9.17) is 9.72 Å². The van der Waals surface area contributed by atoms with Crippen LogP contribution < -0.4 is 10.9 Å². The summed E-state index contributed by atoms with van der Waals surface area (Å²) in [4.78, 5) is 27.3. The Bertz CT molecular complexity index is 1410. The molecule has 5 rings (SSSR count). The number of aryl methyl sites for hydroxylation is 3. The molecule has 0 bridgehead atoms. The average Bonchev–Trinajstić information content (AvgIpc) is 2.85. The molecule has 4 aromatic rings. The van der Waals surface area contributed by atoms with Crippen molar-refractivity contribution in [2.24, 2.45) is 0 Å². The third-order valence-electron chi connectivity index (χ3n) is 6.50. The maximum atomic E-state index is 13.5. The Hall–Kier alpha value is -3.58. The van der Waals surface area contributed by atoms with Crippen LogP contribution in [0.5, 0.6) is 0 Å². The summed E-state index contributed by atoms with van der Waals surface area (Å²) >= 11 is 0. The van der Waals surface area contributed by atoms with Gasteiger partial charge in [-0.05, 0) is 68.5 Å². The van der Waals surface area contributed by atoms with Gasteiger partial charge in [0.25, 0.3) is 5.56 Å². The number of aromatic nitrogens is 4. The number of pyridine rings is 2. The van der Waals surface area contributed by atoms with Crippen molar-refractivity contribution in [3.05, 3.63) is 70.3 Å². The van der Waals surface area contributed by atoms with Gasteiger partial charge >= 0.3 is 0 Å². The van der Waals surface area contributed by atoms with Crippen LogP contribution in [0.2, 0.25) is 0 Å². The Morgan fingerprint density at radius 1 is 1.06 bits per heavy atom. The minimum Gasteiger partial charge on any atom is -0.381 e. The van der Waals surface area contributed by atoms with Crippen LogP contribution in [0.25, 0.3) is 33.4 Å². The van der Waals surface area contributed by atoms with E-state index in [0.29, 0.717) is 23.7 Å². The molecule has 0 spiro atoms. The molecule has 1 aliphatic rings. The summed E-state index contributed by atoms with van der Waals surface area (Å²) in [5.74, 6) is 0.556. The van der Waals surface area contributed by atoms with E-state index in [-0.39, 0.29) is 11.6 Å². The lowest BCUT2D eigenvalue weighted by molar-refractivity contribution is 0.0903. The molecular formula is C27H29N5O2. The molecule has 7 heteroatoms. The molecular weight excluding hydrogens is 426 g/mol. The van der Waals surface area contributed by atoms with E-state index in [2.05, 4.69) is 34.3 Å². The Morgan fingerprint density at radius 2 is 1.88 bits per heavy atom. The number of nitrogens with one attached hydrogen (secondary N) is 1. The smallest absolute Gasteiger partial charge is 0.260 e. The second-order valence-electron chi connectivity index (χ2n) is 8.81. The first-order chi connectivity index (χ1) is 16.5. The predicted octanol–water partition coefficient (Wildman–Crippen LogP) is 4.75. The Balaban J connectivity index is 1.55. The molecule has 0 aliphatic carbocycles. The van der Waals surface area contributed by atoms with Gasteiger partial charge in [-0.15, -0.1) is 0 Å². The van der Waals surface area contributed by atoms with Gasteiger partial charge in [0.05, 0.1) is 5.69 Å². The first-order valence-corrected chi connectivity index (χ1v) is 11.8. The van der Waals surface area contributed by atoms with Gasteiger partial charge in [-0.1, -0.05) is 18.2 Å². The van der Waals surface area contributed by atoms with Crippen LogP contribution in [-0.2, 0) is 11.3 Å². The van der Waals surface area contributed by atoms with Crippen molar-refractivity contribution in [3.63, 3.8) is 0 Å². The number of anilines is 1. The number of ether oxygens (including phenoxy) is 1. The molecule has 4 heterocycles. The van der Waals surface area contributed by atoms with Gasteiger partial charge in [-0.3, -0.25) is 14.3 Å². The Labute approximate surface area is 198 Å². The van der Waals surface area contributed by atoms with E-state index < -0.39 is 0 Å². The molecule has 1 saturated heterocycles. The highest BCUT2D eigenvalue weighted by molar-refractivity contribution is 5.83. The van der Waals surface area contributed by atoms with Crippen LogP contribution in [0.3, 0.4) is 0 Å². The number of rotatable bonds is 5. The zero-order valence-corrected chi connectivity index (χ0v) is 19.8. The average molecular weight is 456 g/mol. The first-order valence-electron chi connectivity index (χ1n) is 11.8. The molecule has 0 radical (unpaired) electrons. The highest BCUT2D eigenvalue weighted by Crippen LogP contribution is 2.29. The van der Waals surface area contributed by atoms with Gasteiger partial charge < -0.3 is 10.1 Å². The molecule has 174 valence electrons. The van der Waals surface area contributed by atoms with E-state index in [1.165, 1.54) is 0 Å². The van der Waals surface area contributed by atoms with Crippen molar-refractivity contribution in [3.8, 4) is 22.4 Å². The maximum Gasteiger partial charge on any atom is 0.260 e. The lowest BCUT2D eigenvalue weighted by Gasteiger charge is -2.23. The lowest BCUT2D eigenvalue weighted by atomic mass is 9.96. The normalized spacial score (nSPS) is 14.4. The molecule has 0 atom stereocenters. The van der Waals surface area contributed by atoms with Crippen molar-refractivity contribution in [1.82, 2.24) is 19.5 Å². The van der Waals surface area contributed by atoms with Crippen LogP contribution >= 0.6 is 0 Å². The zero-order chi connectivity index (χ0) is 23.7. The number of hydrogen-bond donors (Lipinski definition) is 1. The third kappa shape index (κ3) is 4.19. The van der Waals surface area contributed by atoms with Gasteiger partial charge in [0.2, 0.25) is 5.95 Å². The van der Waals surface area contributed by atoms with Crippen molar-refractivity contribution in [2.75, 3.05) is 18.5 Å². The summed E-state index contributed by atoms with van der Waals surface area (Å²) < 4.78 is 7.17. The fourth-order valence-electron chi connectivity index (χ4n) is 4.64. The van der Waals surface area contributed by atoms with Gasteiger partial charge in [-0.2, -0.15) is 4.98 Å². The van der Waals surface area contributed by atoms with E-state index in [0.717, 1.165) is 59.4 Å². The predicted molar refractivity (Wildman–Crippen MR) is 135 cm³/mol.